The summed E-state index contributed by atoms with van der Waals surface area (Å²) in [5.41, 5.74) is 7.46. The van der Waals surface area contributed by atoms with Gasteiger partial charge in [-0.2, -0.15) is 0 Å². The molecule has 0 radical (unpaired) electrons. The topological polar surface area (TPSA) is 29.3 Å². The van der Waals surface area contributed by atoms with E-state index in [1.165, 1.54) is 0 Å². The number of aryl methyl sites for hydroxylation is 1. The molecule has 0 bridgehead atoms. The van der Waals surface area contributed by atoms with E-state index in [9.17, 15) is 4.39 Å². The normalized spacial score (nSPS) is 13.1. The van der Waals surface area contributed by atoms with Gasteiger partial charge in [0.2, 0.25) is 0 Å². The van der Waals surface area contributed by atoms with Gasteiger partial charge in [-0.3, -0.25) is 0 Å². The summed E-state index contributed by atoms with van der Waals surface area (Å²) in [4.78, 5) is 3.23. The first-order valence-corrected chi connectivity index (χ1v) is 6.73. The minimum Gasteiger partial charge on any atom is -0.324 e. The summed E-state index contributed by atoms with van der Waals surface area (Å²) in [6.07, 6.45) is 0. The van der Waals surface area contributed by atoms with E-state index in [2.05, 4.69) is 4.90 Å². The lowest BCUT2D eigenvalue weighted by molar-refractivity contribution is 0.437. The highest BCUT2D eigenvalue weighted by Crippen LogP contribution is 2.29. The van der Waals surface area contributed by atoms with Crippen LogP contribution in [0.15, 0.2) is 17.0 Å². The fourth-order valence-electron chi connectivity index (χ4n) is 1.49. The Hall–Kier alpha value is -0.580. The van der Waals surface area contributed by atoms with E-state index >= 15 is 0 Å². The zero-order valence-electron chi connectivity index (χ0n) is 11.0. The van der Waals surface area contributed by atoms with Crippen molar-refractivity contribution < 1.29 is 4.39 Å². The maximum Gasteiger partial charge on any atom is 0.126 e. The van der Waals surface area contributed by atoms with Crippen molar-refractivity contribution in [3.8, 4) is 0 Å². The van der Waals surface area contributed by atoms with Gasteiger partial charge in [-0.15, -0.1) is 11.8 Å². The third-order valence-corrected chi connectivity index (χ3v) is 3.63. The van der Waals surface area contributed by atoms with Crippen LogP contribution >= 0.6 is 11.8 Å². The van der Waals surface area contributed by atoms with Crippen LogP contribution in [0.5, 0.6) is 0 Å². The molecule has 0 unspecified atom stereocenters. The molecule has 0 amide bonds. The SMILES string of the molecule is Cc1cc(SCCN(C)C)c([C@@H](C)N)cc1F. The highest BCUT2D eigenvalue weighted by atomic mass is 32.2. The molecule has 2 N–H and O–H groups in total. The summed E-state index contributed by atoms with van der Waals surface area (Å²) < 4.78 is 13.5. The number of nitrogens with two attached hydrogens (primary N) is 1. The van der Waals surface area contributed by atoms with Crippen molar-refractivity contribution in [1.82, 2.24) is 4.90 Å². The van der Waals surface area contributed by atoms with Crippen LogP contribution in [0.1, 0.15) is 24.1 Å². The second kappa shape index (κ2) is 6.38. The Labute approximate surface area is 107 Å². The Morgan fingerprint density at radius 1 is 1.41 bits per heavy atom. The molecule has 0 aliphatic carbocycles. The van der Waals surface area contributed by atoms with E-state index in [-0.39, 0.29) is 11.9 Å². The molecule has 0 aliphatic heterocycles. The van der Waals surface area contributed by atoms with Crippen LogP contribution in [0.25, 0.3) is 0 Å². The summed E-state index contributed by atoms with van der Waals surface area (Å²) in [6, 6.07) is 3.33. The quantitative estimate of drug-likeness (QED) is 0.821. The molecule has 0 saturated heterocycles. The van der Waals surface area contributed by atoms with Crippen molar-refractivity contribution in [2.45, 2.75) is 24.8 Å². The van der Waals surface area contributed by atoms with Gasteiger partial charge in [-0.25, -0.2) is 4.39 Å². The molecule has 2 nitrogen and oxygen atoms in total. The fourth-order valence-corrected chi connectivity index (χ4v) is 2.84. The number of halogens is 1. The molecular weight excluding hydrogens is 235 g/mol. The third kappa shape index (κ3) is 4.30. The van der Waals surface area contributed by atoms with Crippen LogP contribution in [0, 0.1) is 12.7 Å². The molecule has 0 aliphatic rings. The Morgan fingerprint density at radius 2 is 2.06 bits per heavy atom. The first-order chi connectivity index (χ1) is 7.91. The second-order valence-corrected chi connectivity index (χ2v) is 5.72. The van der Waals surface area contributed by atoms with Gasteiger partial charge in [0.15, 0.2) is 0 Å². The van der Waals surface area contributed by atoms with Crippen LogP contribution in [-0.4, -0.2) is 31.3 Å². The van der Waals surface area contributed by atoms with E-state index in [4.69, 9.17) is 5.73 Å². The average molecular weight is 256 g/mol. The molecule has 1 aromatic rings. The molecule has 0 heterocycles. The summed E-state index contributed by atoms with van der Waals surface area (Å²) in [5, 5.41) is 0. The predicted molar refractivity (Wildman–Crippen MR) is 73.0 cm³/mol. The van der Waals surface area contributed by atoms with Gasteiger partial charge in [-0.1, -0.05) is 0 Å². The van der Waals surface area contributed by atoms with Gasteiger partial charge in [0.05, 0.1) is 0 Å². The number of hydrogen-bond acceptors (Lipinski definition) is 3. The Bertz CT molecular complexity index is 378. The fraction of sp³-hybridized carbons (Fsp3) is 0.538. The Balaban J connectivity index is 2.85. The van der Waals surface area contributed by atoms with Gasteiger partial charge in [0.25, 0.3) is 0 Å². The average Bonchev–Trinajstić information content (AvgIpc) is 2.22. The Kier molecular flexibility index (Phi) is 5.43. The minimum absolute atomic E-state index is 0.132. The van der Waals surface area contributed by atoms with Crippen LogP contribution in [0.3, 0.4) is 0 Å². The predicted octanol–water partition coefficient (Wildman–Crippen LogP) is 2.81. The molecule has 1 aromatic carbocycles. The summed E-state index contributed by atoms with van der Waals surface area (Å²) in [5.74, 6) is 0.812. The van der Waals surface area contributed by atoms with E-state index in [0.717, 1.165) is 22.8 Å². The highest BCUT2D eigenvalue weighted by Gasteiger charge is 2.11. The zero-order chi connectivity index (χ0) is 13.0. The zero-order valence-corrected chi connectivity index (χ0v) is 11.8. The smallest absolute Gasteiger partial charge is 0.126 e. The van der Waals surface area contributed by atoms with Gasteiger partial charge in [-0.05, 0) is 51.2 Å². The van der Waals surface area contributed by atoms with Gasteiger partial charge < -0.3 is 10.6 Å². The molecule has 0 fully saturated rings. The minimum atomic E-state index is -0.172. The number of hydrogen-bond donors (Lipinski definition) is 1. The second-order valence-electron chi connectivity index (χ2n) is 4.58. The first-order valence-electron chi connectivity index (χ1n) is 5.75. The summed E-state index contributed by atoms with van der Waals surface area (Å²) in [7, 11) is 4.09. The van der Waals surface area contributed by atoms with E-state index < -0.39 is 0 Å². The summed E-state index contributed by atoms with van der Waals surface area (Å²) >= 11 is 1.74. The first kappa shape index (κ1) is 14.5. The molecule has 1 rings (SSSR count). The standard InChI is InChI=1S/C13H21FN2S/c1-9-7-13(17-6-5-16(3)4)11(10(2)15)8-12(9)14/h7-8,10H,5-6,15H2,1-4H3/t10-/m1/s1. The number of nitrogens with zero attached hydrogens (tertiary/aromatic N) is 1. The van der Waals surface area contributed by atoms with Gasteiger partial charge in [0.1, 0.15) is 5.82 Å². The molecule has 0 saturated carbocycles. The number of thioether (sulfide) groups is 1. The van der Waals surface area contributed by atoms with Crippen LogP contribution in [0.2, 0.25) is 0 Å². The molecular formula is C13H21FN2S. The van der Waals surface area contributed by atoms with Crippen LogP contribution in [-0.2, 0) is 0 Å². The maximum atomic E-state index is 13.5. The number of benzene rings is 1. The van der Waals surface area contributed by atoms with Crippen LogP contribution < -0.4 is 5.73 Å². The summed E-state index contributed by atoms with van der Waals surface area (Å²) in [6.45, 7) is 4.68. The van der Waals surface area contributed by atoms with E-state index in [0.29, 0.717) is 5.56 Å². The van der Waals surface area contributed by atoms with E-state index in [1.807, 2.05) is 27.1 Å². The Morgan fingerprint density at radius 3 is 2.59 bits per heavy atom. The van der Waals surface area contributed by atoms with Crippen LogP contribution in [0.4, 0.5) is 4.39 Å². The monoisotopic (exact) mass is 256 g/mol. The van der Waals surface area contributed by atoms with E-state index in [1.54, 1.807) is 24.8 Å². The lowest BCUT2D eigenvalue weighted by Gasteiger charge is -2.15. The molecule has 1 atom stereocenters. The lowest BCUT2D eigenvalue weighted by Crippen LogP contribution is -2.15. The van der Waals surface area contributed by atoms with Crippen molar-refractivity contribution in [3.05, 3.63) is 29.1 Å². The molecule has 17 heavy (non-hydrogen) atoms. The maximum absolute atomic E-state index is 13.5. The number of rotatable bonds is 5. The molecule has 0 spiro atoms. The molecule has 0 aromatic heterocycles. The van der Waals surface area contributed by atoms with Gasteiger partial charge in [0, 0.05) is 23.2 Å². The third-order valence-electron chi connectivity index (χ3n) is 2.58. The highest BCUT2D eigenvalue weighted by molar-refractivity contribution is 7.99. The van der Waals surface area contributed by atoms with Gasteiger partial charge >= 0.3 is 0 Å². The van der Waals surface area contributed by atoms with Crippen molar-refractivity contribution >= 4 is 11.8 Å². The van der Waals surface area contributed by atoms with Crippen molar-refractivity contribution in [2.24, 2.45) is 5.73 Å². The van der Waals surface area contributed by atoms with Crippen molar-refractivity contribution in [1.29, 1.82) is 0 Å². The largest absolute Gasteiger partial charge is 0.324 e. The molecule has 96 valence electrons. The van der Waals surface area contributed by atoms with Crippen molar-refractivity contribution in [3.63, 3.8) is 0 Å². The van der Waals surface area contributed by atoms with Crippen molar-refractivity contribution in [2.75, 3.05) is 26.4 Å². The lowest BCUT2D eigenvalue weighted by atomic mass is 10.1. The molecule has 4 heteroatoms.